The Morgan fingerprint density at radius 3 is 2.00 bits per heavy atom. The highest BCUT2D eigenvalue weighted by atomic mass is 14.6. The van der Waals surface area contributed by atoms with Crippen molar-refractivity contribution >= 4 is 0 Å². The quantitative estimate of drug-likeness (QED) is 0.743. The van der Waals surface area contributed by atoms with Gasteiger partial charge in [-0.3, -0.25) is 0 Å². The van der Waals surface area contributed by atoms with Gasteiger partial charge in [0, 0.05) is 6.04 Å². The number of hydrogen-bond acceptors (Lipinski definition) is 1. The SMILES string of the molecule is CC.NC1CCC(c2ccccc2)CC1. The van der Waals surface area contributed by atoms with Crippen LogP contribution in [0.5, 0.6) is 0 Å². The highest BCUT2D eigenvalue weighted by Gasteiger charge is 2.19. The molecule has 84 valence electrons. The third kappa shape index (κ3) is 3.67. The average Bonchev–Trinajstić information content (AvgIpc) is 2.34. The molecule has 0 bridgehead atoms. The van der Waals surface area contributed by atoms with Crippen LogP contribution in [-0.2, 0) is 0 Å². The molecule has 1 heteroatoms. The van der Waals surface area contributed by atoms with E-state index in [9.17, 15) is 0 Å². The summed E-state index contributed by atoms with van der Waals surface area (Å²) in [6, 6.07) is 11.3. The van der Waals surface area contributed by atoms with E-state index in [4.69, 9.17) is 5.73 Å². The van der Waals surface area contributed by atoms with Crippen molar-refractivity contribution in [3.05, 3.63) is 35.9 Å². The summed E-state index contributed by atoms with van der Waals surface area (Å²) in [7, 11) is 0. The van der Waals surface area contributed by atoms with Crippen LogP contribution in [0.1, 0.15) is 51.0 Å². The molecule has 1 aliphatic carbocycles. The maximum Gasteiger partial charge on any atom is 0.00392 e. The van der Waals surface area contributed by atoms with E-state index in [2.05, 4.69) is 30.3 Å². The Morgan fingerprint density at radius 1 is 0.933 bits per heavy atom. The van der Waals surface area contributed by atoms with Crippen molar-refractivity contribution in [2.45, 2.75) is 51.5 Å². The van der Waals surface area contributed by atoms with E-state index in [0.29, 0.717) is 6.04 Å². The highest BCUT2D eigenvalue weighted by molar-refractivity contribution is 5.19. The van der Waals surface area contributed by atoms with Crippen molar-refractivity contribution in [1.82, 2.24) is 0 Å². The van der Waals surface area contributed by atoms with Crippen molar-refractivity contribution in [2.75, 3.05) is 0 Å². The van der Waals surface area contributed by atoms with Crippen LogP contribution >= 0.6 is 0 Å². The summed E-state index contributed by atoms with van der Waals surface area (Å²) in [5.74, 6) is 0.765. The minimum absolute atomic E-state index is 0.458. The fraction of sp³-hybridized carbons (Fsp3) is 0.571. The van der Waals surface area contributed by atoms with Gasteiger partial charge >= 0.3 is 0 Å². The Labute approximate surface area is 93.7 Å². The average molecular weight is 205 g/mol. The molecule has 2 rings (SSSR count). The maximum atomic E-state index is 5.88. The lowest BCUT2D eigenvalue weighted by Gasteiger charge is -2.26. The molecule has 1 aliphatic rings. The third-order valence-corrected chi connectivity index (χ3v) is 3.04. The lowest BCUT2D eigenvalue weighted by molar-refractivity contribution is 0.395. The van der Waals surface area contributed by atoms with E-state index in [1.165, 1.54) is 31.2 Å². The summed E-state index contributed by atoms with van der Waals surface area (Å²) in [5, 5.41) is 0. The molecule has 0 atom stereocenters. The van der Waals surface area contributed by atoms with E-state index in [-0.39, 0.29) is 0 Å². The Hall–Kier alpha value is -0.820. The number of nitrogens with two attached hydrogens (primary N) is 1. The van der Waals surface area contributed by atoms with Gasteiger partial charge in [0.15, 0.2) is 0 Å². The van der Waals surface area contributed by atoms with Crippen LogP contribution < -0.4 is 5.73 Å². The molecule has 1 aromatic rings. The molecule has 0 unspecified atom stereocenters. The lowest BCUT2D eigenvalue weighted by atomic mass is 9.82. The first-order valence-corrected chi connectivity index (χ1v) is 6.17. The molecular formula is C14H23N. The summed E-state index contributed by atoms with van der Waals surface area (Å²) < 4.78 is 0. The molecule has 1 fully saturated rings. The topological polar surface area (TPSA) is 26.0 Å². The second-order valence-corrected chi connectivity index (χ2v) is 4.02. The smallest absolute Gasteiger partial charge is 0.00392 e. The van der Waals surface area contributed by atoms with E-state index in [0.717, 1.165) is 5.92 Å². The number of hydrogen-bond donors (Lipinski definition) is 1. The van der Waals surface area contributed by atoms with E-state index < -0.39 is 0 Å². The highest BCUT2D eigenvalue weighted by Crippen LogP contribution is 2.31. The summed E-state index contributed by atoms with van der Waals surface area (Å²) in [4.78, 5) is 0. The van der Waals surface area contributed by atoms with Gasteiger partial charge in [-0.1, -0.05) is 44.2 Å². The normalized spacial score (nSPS) is 25.3. The van der Waals surface area contributed by atoms with Gasteiger partial charge in [0.2, 0.25) is 0 Å². The predicted molar refractivity (Wildman–Crippen MR) is 67.0 cm³/mol. The van der Waals surface area contributed by atoms with Crippen LogP contribution in [0.15, 0.2) is 30.3 Å². The van der Waals surface area contributed by atoms with E-state index in [1.54, 1.807) is 0 Å². The largest absolute Gasteiger partial charge is 0.328 e. The van der Waals surface area contributed by atoms with Crippen LogP contribution in [0, 0.1) is 0 Å². The van der Waals surface area contributed by atoms with Crippen LogP contribution in [0.2, 0.25) is 0 Å². The Bertz CT molecular complexity index is 247. The molecule has 0 aliphatic heterocycles. The van der Waals surface area contributed by atoms with Gasteiger partial charge in [-0.25, -0.2) is 0 Å². The van der Waals surface area contributed by atoms with E-state index >= 15 is 0 Å². The first kappa shape index (κ1) is 12.3. The zero-order valence-corrected chi connectivity index (χ0v) is 9.95. The number of benzene rings is 1. The van der Waals surface area contributed by atoms with Crippen molar-refractivity contribution < 1.29 is 0 Å². The molecule has 0 radical (unpaired) electrons. The van der Waals surface area contributed by atoms with Crippen LogP contribution in [0.3, 0.4) is 0 Å². The van der Waals surface area contributed by atoms with Gasteiger partial charge in [-0.2, -0.15) is 0 Å². The van der Waals surface area contributed by atoms with Crippen molar-refractivity contribution in [2.24, 2.45) is 5.73 Å². The van der Waals surface area contributed by atoms with Gasteiger partial charge < -0.3 is 5.73 Å². The molecule has 0 amide bonds. The zero-order chi connectivity index (χ0) is 11.1. The fourth-order valence-electron chi connectivity index (χ4n) is 2.18. The second kappa shape index (κ2) is 6.62. The molecule has 0 heterocycles. The second-order valence-electron chi connectivity index (χ2n) is 4.02. The van der Waals surface area contributed by atoms with Crippen LogP contribution in [0.4, 0.5) is 0 Å². The summed E-state index contributed by atoms with van der Waals surface area (Å²) in [5.41, 5.74) is 7.37. The minimum Gasteiger partial charge on any atom is -0.328 e. The van der Waals surface area contributed by atoms with Crippen molar-refractivity contribution in [1.29, 1.82) is 0 Å². The molecule has 0 saturated heterocycles. The molecular weight excluding hydrogens is 182 g/mol. The predicted octanol–water partition coefficient (Wildman–Crippen LogP) is 3.70. The molecule has 15 heavy (non-hydrogen) atoms. The fourth-order valence-corrected chi connectivity index (χ4v) is 2.18. The standard InChI is InChI=1S/C12H17N.C2H6/c13-12-8-6-11(7-9-12)10-4-2-1-3-5-10;1-2/h1-5,11-12H,6-9,13H2;1-2H3. The van der Waals surface area contributed by atoms with Crippen molar-refractivity contribution in [3.63, 3.8) is 0 Å². The van der Waals surface area contributed by atoms with Crippen LogP contribution in [0.25, 0.3) is 0 Å². The Kier molecular flexibility index (Phi) is 5.41. The molecule has 1 saturated carbocycles. The summed E-state index contributed by atoms with van der Waals surface area (Å²) >= 11 is 0. The van der Waals surface area contributed by atoms with Crippen LogP contribution in [-0.4, -0.2) is 6.04 Å². The van der Waals surface area contributed by atoms with Gasteiger partial charge in [0.05, 0.1) is 0 Å². The third-order valence-electron chi connectivity index (χ3n) is 3.04. The molecule has 2 N–H and O–H groups in total. The molecule has 1 aromatic carbocycles. The monoisotopic (exact) mass is 205 g/mol. The molecule has 0 spiro atoms. The van der Waals surface area contributed by atoms with Gasteiger partial charge in [-0.05, 0) is 37.2 Å². The molecule has 0 aromatic heterocycles. The number of rotatable bonds is 1. The first-order chi connectivity index (χ1) is 7.36. The zero-order valence-electron chi connectivity index (χ0n) is 9.95. The first-order valence-electron chi connectivity index (χ1n) is 6.17. The summed E-state index contributed by atoms with van der Waals surface area (Å²) in [6.07, 6.45) is 4.93. The van der Waals surface area contributed by atoms with Gasteiger partial charge in [-0.15, -0.1) is 0 Å². The Morgan fingerprint density at radius 2 is 1.47 bits per heavy atom. The van der Waals surface area contributed by atoms with Gasteiger partial charge in [0.1, 0.15) is 0 Å². The van der Waals surface area contributed by atoms with E-state index in [1.807, 2.05) is 13.8 Å². The lowest BCUT2D eigenvalue weighted by Crippen LogP contribution is -2.25. The Balaban J connectivity index is 0.000000531. The van der Waals surface area contributed by atoms with Crippen molar-refractivity contribution in [3.8, 4) is 0 Å². The summed E-state index contributed by atoms with van der Waals surface area (Å²) in [6.45, 7) is 4.00. The maximum absolute atomic E-state index is 5.88. The van der Waals surface area contributed by atoms with Gasteiger partial charge in [0.25, 0.3) is 0 Å². The minimum atomic E-state index is 0.458. The molecule has 1 nitrogen and oxygen atoms in total.